The molecule has 0 spiro atoms. The van der Waals surface area contributed by atoms with E-state index in [9.17, 15) is 4.79 Å². The smallest absolute Gasteiger partial charge is 0.253 e. The summed E-state index contributed by atoms with van der Waals surface area (Å²) in [6.45, 7) is 3.38. The number of amides is 1. The van der Waals surface area contributed by atoms with Gasteiger partial charge in [0.15, 0.2) is 0 Å². The van der Waals surface area contributed by atoms with Crippen LogP contribution in [0.5, 0.6) is 0 Å². The first-order valence-corrected chi connectivity index (χ1v) is 6.81. The SMILES string of the molecule is Cc1cc(C(=O)N(C)CC2CCCCO2)ccc1N. The highest BCUT2D eigenvalue weighted by molar-refractivity contribution is 5.94. The van der Waals surface area contributed by atoms with Gasteiger partial charge in [0.05, 0.1) is 6.10 Å². The lowest BCUT2D eigenvalue weighted by Crippen LogP contribution is -2.37. The van der Waals surface area contributed by atoms with Gasteiger partial charge in [-0.25, -0.2) is 0 Å². The Morgan fingerprint density at radius 2 is 2.26 bits per heavy atom. The van der Waals surface area contributed by atoms with Crippen molar-refractivity contribution in [3.05, 3.63) is 29.3 Å². The lowest BCUT2D eigenvalue weighted by molar-refractivity contribution is -0.000187. The van der Waals surface area contributed by atoms with Crippen LogP contribution in [0.1, 0.15) is 35.2 Å². The van der Waals surface area contributed by atoms with E-state index in [0.29, 0.717) is 12.1 Å². The first kappa shape index (κ1) is 13.9. The molecule has 1 atom stereocenters. The lowest BCUT2D eigenvalue weighted by Gasteiger charge is -2.27. The standard InChI is InChI=1S/C15H22N2O2/c1-11-9-12(6-7-14(11)16)15(18)17(2)10-13-5-3-4-8-19-13/h6-7,9,13H,3-5,8,10,16H2,1-2H3. The molecule has 104 valence electrons. The second-order valence-corrected chi connectivity index (χ2v) is 5.25. The molecule has 2 rings (SSSR count). The zero-order valence-corrected chi connectivity index (χ0v) is 11.7. The van der Waals surface area contributed by atoms with Crippen molar-refractivity contribution < 1.29 is 9.53 Å². The van der Waals surface area contributed by atoms with Gasteiger partial charge in [-0.1, -0.05) is 0 Å². The molecule has 4 nitrogen and oxygen atoms in total. The molecule has 1 fully saturated rings. The maximum Gasteiger partial charge on any atom is 0.253 e. The molecule has 0 aromatic heterocycles. The van der Waals surface area contributed by atoms with E-state index >= 15 is 0 Å². The van der Waals surface area contributed by atoms with Gasteiger partial charge in [-0.2, -0.15) is 0 Å². The number of carbonyl (C=O) groups is 1. The molecule has 0 saturated carbocycles. The van der Waals surface area contributed by atoms with E-state index in [1.807, 2.05) is 20.0 Å². The fraction of sp³-hybridized carbons (Fsp3) is 0.533. The summed E-state index contributed by atoms with van der Waals surface area (Å²) in [4.78, 5) is 14.0. The molecule has 1 aromatic rings. The zero-order valence-electron chi connectivity index (χ0n) is 11.7. The predicted molar refractivity (Wildman–Crippen MR) is 76.1 cm³/mol. The summed E-state index contributed by atoms with van der Waals surface area (Å²) >= 11 is 0. The van der Waals surface area contributed by atoms with Crippen molar-refractivity contribution >= 4 is 11.6 Å². The molecule has 1 heterocycles. The fourth-order valence-electron chi connectivity index (χ4n) is 2.37. The van der Waals surface area contributed by atoms with Gasteiger partial charge < -0.3 is 15.4 Å². The predicted octanol–water partition coefficient (Wildman–Crippen LogP) is 2.22. The molecule has 2 N–H and O–H groups in total. The third-order valence-corrected chi connectivity index (χ3v) is 3.61. The van der Waals surface area contributed by atoms with Gasteiger partial charge in [0, 0.05) is 31.5 Å². The normalized spacial score (nSPS) is 19.2. The minimum Gasteiger partial charge on any atom is -0.399 e. The summed E-state index contributed by atoms with van der Waals surface area (Å²) < 4.78 is 5.66. The Morgan fingerprint density at radius 3 is 2.89 bits per heavy atom. The average Bonchev–Trinajstić information content (AvgIpc) is 2.42. The van der Waals surface area contributed by atoms with E-state index < -0.39 is 0 Å². The molecule has 1 aliphatic heterocycles. The van der Waals surface area contributed by atoms with E-state index in [-0.39, 0.29) is 12.0 Å². The van der Waals surface area contributed by atoms with Crippen LogP contribution >= 0.6 is 0 Å². The minimum absolute atomic E-state index is 0.0253. The lowest BCUT2D eigenvalue weighted by atomic mass is 10.1. The van der Waals surface area contributed by atoms with Crippen LogP contribution in [-0.2, 0) is 4.74 Å². The van der Waals surface area contributed by atoms with Gasteiger partial charge in [-0.3, -0.25) is 4.79 Å². The first-order valence-electron chi connectivity index (χ1n) is 6.81. The number of nitrogens with two attached hydrogens (primary N) is 1. The molecule has 1 aliphatic rings. The zero-order chi connectivity index (χ0) is 13.8. The van der Waals surface area contributed by atoms with Crippen LogP contribution in [0.2, 0.25) is 0 Å². The Labute approximate surface area is 114 Å². The summed E-state index contributed by atoms with van der Waals surface area (Å²) in [5, 5.41) is 0. The number of benzene rings is 1. The van der Waals surface area contributed by atoms with Crippen LogP contribution in [0.25, 0.3) is 0 Å². The number of nitrogens with zero attached hydrogens (tertiary/aromatic N) is 1. The summed E-state index contributed by atoms with van der Waals surface area (Å²) in [6, 6.07) is 5.41. The van der Waals surface area contributed by atoms with Crippen molar-refractivity contribution in [3.63, 3.8) is 0 Å². The van der Waals surface area contributed by atoms with Crippen LogP contribution in [-0.4, -0.2) is 37.1 Å². The van der Waals surface area contributed by atoms with E-state index in [2.05, 4.69) is 0 Å². The van der Waals surface area contributed by atoms with Gasteiger partial charge in [0.2, 0.25) is 0 Å². The maximum absolute atomic E-state index is 12.3. The minimum atomic E-state index is 0.0253. The molecule has 0 radical (unpaired) electrons. The molecular formula is C15H22N2O2. The summed E-state index contributed by atoms with van der Waals surface area (Å²) in [5.41, 5.74) is 8.11. The molecular weight excluding hydrogens is 240 g/mol. The quantitative estimate of drug-likeness (QED) is 0.850. The van der Waals surface area contributed by atoms with Crippen LogP contribution in [0.15, 0.2) is 18.2 Å². The number of carbonyl (C=O) groups excluding carboxylic acids is 1. The Bertz CT molecular complexity index is 453. The van der Waals surface area contributed by atoms with E-state index in [1.54, 1.807) is 17.0 Å². The number of hydrogen-bond acceptors (Lipinski definition) is 3. The van der Waals surface area contributed by atoms with Crippen LogP contribution < -0.4 is 5.73 Å². The molecule has 1 amide bonds. The van der Waals surface area contributed by atoms with Crippen LogP contribution in [0, 0.1) is 6.92 Å². The highest BCUT2D eigenvalue weighted by Gasteiger charge is 2.19. The van der Waals surface area contributed by atoms with Gasteiger partial charge in [-0.15, -0.1) is 0 Å². The second-order valence-electron chi connectivity index (χ2n) is 5.25. The van der Waals surface area contributed by atoms with Crippen molar-refractivity contribution in [3.8, 4) is 0 Å². The number of anilines is 1. The number of ether oxygens (including phenoxy) is 1. The van der Waals surface area contributed by atoms with Crippen LogP contribution in [0.3, 0.4) is 0 Å². The number of likely N-dealkylation sites (N-methyl/N-ethyl adjacent to an activating group) is 1. The van der Waals surface area contributed by atoms with E-state index in [1.165, 1.54) is 6.42 Å². The molecule has 0 aliphatic carbocycles. The summed E-state index contributed by atoms with van der Waals surface area (Å²) in [6.07, 6.45) is 3.54. The molecule has 4 heteroatoms. The second kappa shape index (κ2) is 6.06. The fourth-order valence-corrected chi connectivity index (χ4v) is 2.37. The largest absolute Gasteiger partial charge is 0.399 e. The van der Waals surface area contributed by atoms with E-state index in [4.69, 9.17) is 10.5 Å². The third kappa shape index (κ3) is 3.47. The Hall–Kier alpha value is -1.55. The highest BCUT2D eigenvalue weighted by Crippen LogP contribution is 2.16. The molecule has 1 unspecified atom stereocenters. The average molecular weight is 262 g/mol. The third-order valence-electron chi connectivity index (χ3n) is 3.61. The number of hydrogen-bond donors (Lipinski definition) is 1. The van der Waals surface area contributed by atoms with Crippen molar-refractivity contribution in [2.45, 2.75) is 32.3 Å². The Balaban J connectivity index is 1.99. The monoisotopic (exact) mass is 262 g/mol. The number of aryl methyl sites for hydroxylation is 1. The summed E-state index contributed by atoms with van der Waals surface area (Å²) in [7, 11) is 1.83. The molecule has 1 saturated heterocycles. The van der Waals surface area contributed by atoms with Gasteiger partial charge >= 0.3 is 0 Å². The first-order chi connectivity index (χ1) is 9.08. The highest BCUT2D eigenvalue weighted by atomic mass is 16.5. The maximum atomic E-state index is 12.3. The number of nitrogen functional groups attached to an aromatic ring is 1. The summed E-state index contributed by atoms with van der Waals surface area (Å²) in [5.74, 6) is 0.0253. The molecule has 1 aromatic carbocycles. The van der Waals surface area contributed by atoms with Crippen molar-refractivity contribution in [2.24, 2.45) is 0 Å². The molecule has 19 heavy (non-hydrogen) atoms. The molecule has 0 bridgehead atoms. The van der Waals surface area contributed by atoms with Gasteiger partial charge in [0.1, 0.15) is 0 Å². The number of rotatable bonds is 3. The van der Waals surface area contributed by atoms with Crippen molar-refractivity contribution in [2.75, 3.05) is 25.9 Å². The van der Waals surface area contributed by atoms with Crippen molar-refractivity contribution in [1.82, 2.24) is 4.90 Å². The van der Waals surface area contributed by atoms with E-state index in [0.717, 1.165) is 30.7 Å². The van der Waals surface area contributed by atoms with Gasteiger partial charge in [0.25, 0.3) is 5.91 Å². The Morgan fingerprint density at radius 1 is 1.47 bits per heavy atom. The Kier molecular flexibility index (Phi) is 4.43. The van der Waals surface area contributed by atoms with Gasteiger partial charge in [-0.05, 0) is 49.9 Å². The van der Waals surface area contributed by atoms with Crippen molar-refractivity contribution in [1.29, 1.82) is 0 Å². The topological polar surface area (TPSA) is 55.6 Å². The van der Waals surface area contributed by atoms with Crippen LogP contribution in [0.4, 0.5) is 5.69 Å².